The number of nitrogens with two attached hydrogens (primary N) is 1. The van der Waals surface area contributed by atoms with Crippen LogP contribution in [0.2, 0.25) is 0 Å². The summed E-state index contributed by atoms with van der Waals surface area (Å²) in [7, 11) is 1.89. The Kier molecular flexibility index (Phi) is 8.10. The second-order valence-electron chi connectivity index (χ2n) is 8.12. The van der Waals surface area contributed by atoms with E-state index in [2.05, 4.69) is 5.32 Å². The number of anilines is 1. The molecule has 0 radical (unpaired) electrons. The van der Waals surface area contributed by atoms with Gasteiger partial charge in [0.15, 0.2) is 0 Å². The molecular weight excluding hydrogens is 350 g/mol. The molecule has 26 heavy (non-hydrogen) atoms. The highest BCUT2D eigenvalue weighted by atomic mass is 35.5. The summed E-state index contributed by atoms with van der Waals surface area (Å²) in [6, 6.07) is 6.79. The Hall–Kier alpha value is -1.59. The fourth-order valence-electron chi connectivity index (χ4n) is 3.15. The van der Waals surface area contributed by atoms with Crippen molar-refractivity contribution in [3.63, 3.8) is 0 Å². The van der Waals surface area contributed by atoms with Gasteiger partial charge in [-0.25, -0.2) is 0 Å². The van der Waals surface area contributed by atoms with Gasteiger partial charge in [0.25, 0.3) is 5.91 Å². The first-order valence-electron chi connectivity index (χ1n) is 9.14. The van der Waals surface area contributed by atoms with Crippen LogP contribution in [0.1, 0.15) is 63.2 Å². The van der Waals surface area contributed by atoms with Crippen LogP contribution in [0.3, 0.4) is 0 Å². The maximum atomic E-state index is 12.6. The average Bonchev–Trinajstić information content (AvgIpc) is 2.60. The molecule has 1 saturated carbocycles. The number of rotatable bonds is 4. The third kappa shape index (κ3) is 5.71. The molecular formula is C20H32ClN3O2. The number of halogens is 1. The van der Waals surface area contributed by atoms with Crippen LogP contribution in [-0.2, 0) is 4.79 Å². The Morgan fingerprint density at radius 3 is 2.15 bits per heavy atom. The van der Waals surface area contributed by atoms with Gasteiger partial charge in [-0.2, -0.15) is 0 Å². The average molecular weight is 382 g/mol. The Morgan fingerprint density at radius 1 is 1.12 bits per heavy atom. The summed E-state index contributed by atoms with van der Waals surface area (Å²) in [4.78, 5) is 26.7. The number of nitrogens with zero attached hydrogens (tertiary/aromatic N) is 1. The molecule has 1 aliphatic rings. The molecule has 0 saturated heterocycles. The summed E-state index contributed by atoms with van der Waals surface area (Å²) in [5.74, 6) is -0.179. The van der Waals surface area contributed by atoms with Gasteiger partial charge in [0.2, 0.25) is 5.91 Å². The minimum absolute atomic E-state index is 0. The Labute approximate surface area is 163 Å². The lowest BCUT2D eigenvalue weighted by molar-refractivity contribution is -0.119. The smallest absolute Gasteiger partial charge is 0.253 e. The largest absolute Gasteiger partial charge is 0.339 e. The van der Waals surface area contributed by atoms with Crippen molar-refractivity contribution in [2.75, 3.05) is 12.4 Å². The SMILES string of the molecule is CN(C(=O)c1ccc(NC(=O)[C@@H](N)C(C)(C)C)cc1)C1CCCCC1.Cl. The number of benzene rings is 1. The number of amides is 2. The van der Waals surface area contributed by atoms with Gasteiger partial charge in [-0.05, 0) is 42.5 Å². The van der Waals surface area contributed by atoms with Crippen molar-refractivity contribution >= 4 is 29.9 Å². The van der Waals surface area contributed by atoms with Gasteiger partial charge < -0.3 is 16.0 Å². The molecule has 2 amide bonds. The molecule has 1 fully saturated rings. The summed E-state index contributed by atoms with van der Waals surface area (Å²) in [6.07, 6.45) is 5.83. The topological polar surface area (TPSA) is 75.4 Å². The zero-order chi connectivity index (χ0) is 18.6. The van der Waals surface area contributed by atoms with E-state index in [4.69, 9.17) is 5.73 Å². The Balaban J connectivity index is 0.00000338. The van der Waals surface area contributed by atoms with Crippen LogP contribution in [0.25, 0.3) is 0 Å². The van der Waals surface area contributed by atoms with Gasteiger partial charge in [-0.3, -0.25) is 9.59 Å². The zero-order valence-corrected chi connectivity index (χ0v) is 17.1. The Bertz CT molecular complexity index is 604. The third-order valence-electron chi connectivity index (χ3n) is 5.06. The second kappa shape index (κ2) is 9.38. The van der Waals surface area contributed by atoms with E-state index >= 15 is 0 Å². The first-order chi connectivity index (χ1) is 11.7. The van der Waals surface area contributed by atoms with Crippen LogP contribution in [-0.4, -0.2) is 35.8 Å². The minimum Gasteiger partial charge on any atom is -0.339 e. The van der Waals surface area contributed by atoms with Crippen molar-refractivity contribution in [2.45, 2.75) is 65.0 Å². The number of hydrogen-bond donors (Lipinski definition) is 2. The molecule has 5 nitrogen and oxygen atoms in total. The van der Waals surface area contributed by atoms with E-state index in [1.165, 1.54) is 19.3 Å². The molecule has 146 valence electrons. The van der Waals surface area contributed by atoms with E-state index in [0.29, 0.717) is 17.3 Å². The predicted octanol–water partition coefficient (Wildman–Crippen LogP) is 3.83. The maximum absolute atomic E-state index is 12.6. The van der Waals surface area contributed by atoms with Gasteiger partial charge in [0.1, 0.15) is 0 Å². The molecule has 0 bridgehead atoms. The van der Waals surface area contributed by atoms with Crippen molar-refractivity contribution < 1.29 is 9.59 Å². The highest BCUT2D eigenvalue weighted by Crippen LogP contribution is 2.23. The van der Waals surface area contributed by atoms with Gasteiger partial charge in [0, 0.05) is 24.3 Å². The fourth-order valence-corrected chi connectivity index (χ4v) is 3.15. The van der Waals surface area contributed by atoms with Crippen molar-refractivity contribution in [1.29, 1.82) is 0 Å². The van der Waals surface area contributed by atoms with Crippen molar-refractivity contribution in [3.05, 3.63) is 29.8 Å². The van der Waals surface area contributed by atoms with E-state index in [-0.39, 0.29) is 29.6 Å². The molecule has 1 aliphatic carbocycles. The lowest BCUT2D eigenvalue weighted by Crippen LogP contribution is -2.45. The minimum atomic E-state index is -0.591. The van der Waals surface area contributed by atoms with Crippen molar-refractivity contribution in [3.8, 4) is 0 Å². The molecule has 0 spiro atoms. The van der Waals surface area contributed by atoms with E-state index in [1.807, 2.05) is 32.7 Å². The van der Waals surface area contributed by atoms with Gasteiger partial charge in [-0.15, -0.1) is 12.4 Å². The van der Waals surface area contributed by atoms with Crippen LogP contribution in [0.4, 0.5) is 5.69 Å². The Morgan fingerprint density at radius 2 is 1.65 bits per heavy atom. The quantitative estimate of drug-likeness (QED) is 0.832. The molecule has 3 N–H and O–H groups in total. The fraction of sp³-hybridized carbons (Fsp3) is 0.600. The summed E-state index contributed by atoms with van der Waals surface area (Å²) < 4.78 is 0. The summed E-state index contributed by atoms with van der Waals surface area (Å²) in [5, 5.41) is 2.82. The van der Waals surface area contributed by atoms with E-state index in [9.17, 15) is 9.59 Å². The zero-order valence-electron chi connectivity index (χ0n) is 16.2. The monoisotopic (exact) mass is 381 g/mol. The van der Waals surface area contributed by atoms with E-state index in [0.717, 1.165) is 12.8 Å². The molecule has 2 rings (SSSR count). The maximum Gasteiger partial charge on any atom is 0.253 e. The van der Waals surface area contributed by atoms with Crippen molar-refractivity contribution in [1.82, 2.24) is 4.90 Å². The standard InChI is InChI=1S/C20H31N3O2.ClH/c1-20(2,3)17(21)18(24)22-15-12-10-14(11-13-15)19(25)23(4)16-8-6-5-7-9-16;/h10-13,16-17H,5-9,21H2,1-4H3,(H,22,24);1H/t17-;/m1./s1. The lowest BCUT2D eigenvalue weighted by Gasteiger charge is -2.31. The molecule has 1 atom stereocenters. The van der Waals surface area contributed by atoms with Crippen LogP contribution in [0.5, 0.6) is 0 Å². The third-order valence-corrected chi connectivity index (χ3v) is 5.06. The van der Waals surface area contributed by atoms with E-state index in [1.54, 1.807) is 24.3 Å². The predicted molar refractivity (Wildman–Crippen MR) is 109 cm³/mol. The van der Waals surface area contributed by atoms with E-state index < -0.39 is 6.04 Å². The summed E-state index contributed by atoms with van der Waals surface area (Å²) >= 11 is 0. The molecule has 6 heteroatoms. The molecule has 0 heterocycles. The molecule has 0 aromatic heterocycles. The number of nitrogens with one attached hydrogen (secondary N) is 1. The summed E-state index contributed by atoms with van der Waals surface area (Å²) in [6.45, 7) is 5.79. The van der Waals surface area contributed by atoms with Gasteiger partial charge >= 0.3 is 0 Å². The highest BCUT2D eigenvalue weighted by Gasteiger charge is 2.27. The second-order valence-corrected chi connectivity index (χ2v) is 8.12. The van der Waals surface area contributed by atoms with Crippen LogP contribution >= 0.6 is 12.4 Å². The normalized spacial score (nSPS) is 16.3. The molecule has 0 aliphatic heterocycles. The number of carbonyl (C=O) groups is 2. The number of carbonyl (C=O) groups excluding carboxylic acids is 2. The lowest BCUT2D eigenvalue weighted by atomic mass is 9.87. The van der Waals surface area contributed by atoms with Crippen LogP contribution in [0, 0.1) is 5.41 Å². The van der Waals surface area contributed by atoms with Gasteiger partial charge in [-0.1, -0.05) is 40.0 Å². The van der Waals surface area contributed by atoms with Crippen LogP contribution in [0.15, 0.2) is 24.3 Å². The van der Waals surface area contributed by atoms with Gasteiger partial charge in [0.05, 0.1) is 6.04 Å². The molecule has 1 aromatic rings. The van der Waals surface area contributed by atoms with Crippen LogP contribution < -0.4 is 11.1 Å². The number of hydrogen-bond acceptors (Lipinski definition) is 3. The first kappa shape index (κ1) is 22.5. The molecule has 1 aromatic carbocycles. The molecule has 0 unspecified atom stereocenters. The van der Waals surface area contributed by atoms with Crippen molar-refractivity contribution in [2.24, 2.45) is 11.1 Å². The summed E-state index contributed by atoms with van der Waals surface area (Å²) in [5.41, 5.74) is 6.97. The first-order valence-corrected chi connectivity index (χ1v) is 9.14. The highest BCUT2D eigenvalue weighted by molar-refractivity contribution is 5.97.